The van der Waals surface area contributed by atoms with E-state index in [4.69, 9.17) is 9.47 Å². The highest BCUT2D eigenvalue weighted by Gasteiger charge is 2.35. The molecule has 0 unspecified atom stereocenters. The fraction of sp³-hybridized carbons (Fsp3) is 0.300. The number of carbonyl (C=O) groups excluding carboxylic acids is 2. The number of amides is 1. The summed E-state index contributed by atoms with van der Waals surface area (Å²) in [7, 11) is 1.24. The Morgan fingerprint density at radius 3 is 2.32 bits per heavy atom. The van der Waals surface area contributed by atoms with Crippen LogP contribution in [-0.2, 0) is 20.7 Å². The first-order chi connectivity index (χ1) is 13.2. The largest absolute Gasteiger partial charge is 0.471 e. The summed E-state index contributed by atoms with van der Waals surface area (Å²) in [5, 5.41) is 13.8. The zero-order chi connectivity index (χ0) is 20.7. The molecule has 0 aliphatic rings. The molecule has 0 aliphatic carbocycles. The van der Waals surface area contributed by atoms with E-state index in [1.807, 2.05) is 30.3 Å². The second-order valence-corrected chi connectivity index (χ2v) is 6.58. The second kappa shape index (κ2) is 8.98. The number of hydrogen-bond acceptors (Lipinski definition) is 6. The monoisotopic (exact) mass is 386 g/mol. The number of ether oxygens (including phenoxy) is 2. The van der Waals surface area contributed by atoms with E-state index in [0.717, 1.165) is 5.56 Å². The van der Waals surface area contributed by atoms with Gasteiger partial charge in [-0.2, -0.15) is 0 Å². The summed E-state index contributed by atoms with van der Waals surface area (Å²) in [5.41, 5.74) is -0.873. The van der Waals surface area contributed by atoms with Crippen molar-refractivity contribution in [2.24, 2.45) is 0 Å². The zero-order valence-corrected chi connectivity index (χ0v) is 15.9. The first-order valence-corrected chi connectivity index (χ1v) is 8.59. The minimum absolute atomic E-state index is 0.0367. The summed E-state index contributed by atoms with van der Waals surface area (Å²) in [5.74, 6) is -1.24. The quantitative estimate of drug-likeness (QED) is 0.424. The van der Waals surface area contributed by atoms with E-state index in [2.05, 4.69) is 5.32 Å². The fourth-order valence-electron chi connectivity index (χ4n) is 2.53. The Bertz CT molecular complexity index is 851. The van der Waals surface area contributed by atoms with Gasteiger partial charge >= 0.3 is 11.7 Å². The van der Waals surface area contributed by atoms with Gasteiger partial charge in [0.15, 0.2) is 11.4 Å². The van der Waals surface area contributed by atoms with Crippen molar-refractivity contribution in [1.82, 2.24) is 5.32 Å². The van der Waals surface area contributed by atoms with E-state index < -0.39 is 28.4 Å². The van der Waals surface area contributed by atoms with Gasteiger partial charge in [0.25, 0.3) is 5.91 Å². The van der Waals surface area contributed by atoms with Crippen molar-refractivity contribution in [2.45, 2.75) is 31.9 Å². The molecule has 2 rings (SSSR count). The summed E-state index contributed by atoms with van der Waals surface area (Å²) in [6.07, 6.45) is 0.237. The average Bonchev–Trinajstić information content (AvgIpc) is 2.67. The van der Waals surface area contributed by atoms with E-state index in [-0.39, 0.29) is 17.9 Å². The first-order valence-electron chi connectivity index (χ1n) is 8.59. The van der Waals surface area contributed by atoms with E-state index in [9.17, 15) is 19.7 Å². The lowest BCUT2D eigenvalue weighted by Crippen LogP contribution is -2.53. The summed E-state index contributed by atoms with van der Waals surface area (Å²) in [4.78, 5) is 35.4. The van der Waals surface area contributed by atoms with Crippen molar-refractivity contribution >= 4 is 17.6 Å². The molecule has 8 heteroatoms. The number of methoxy groups -OCH3 is 1. The molecule has 0 saturated heterocycles. The van der Waals surface area contributed by atoms with Crippen LogP contribution in [-0.4, -0.2) is 35.6 Å². The van der Waals surface area contributed by atoms with Crippen molar-refractivity contribution < 1.29 is 24.0 Å². The Morgan fingerprint density at radius 1 is 1.11 bits per heavy atom. The van der Waals surface area contributed by atoms with Gasteiger partial charge in [-0.1, -0.05) is 42.5 Å². The van der Waals surface area contributed by atoms with Crippen LogP contribution in [0.1, 0.15) is 19.4 Å². The Hall–Kier alpha value is -3.42. The highest BCUT2D eigenvalue weighted by Crippen LogP contribution is 2.29. The number of para-hydroxylation sites is 2. The molecular weight excluding hydrogens is 364 g/mol. The summed E-state index contributed by atoms with van der Waals surface area (Å²) < 4.78 is 10.4. The molecule has 0 aromatic heterocycles. The van der Waals surface area contributed by atoms with Crippen LogP contribution in [0.2, 0.25) is 0 Å². The molecule has 0 radical (unpaired) electrons. The molecule has 0 heterocycles. The smallest absolute Gasteiger partial charge is 0.328 e. The Kier molecular flexibility index (Phi) is 6.70. The lowest BCUT2D eigenvalue weighted by atomic mass is 10.0. The number of benzene rings is 2. The molecule has 2 aromatic rings. The van der Waals surface area contributed by atoms with Crippen LogP contribution >= 0.6 is 0 Å². The van der Waals surface area contributed by atoms with Gasteiger partial charge in [0.2, 0.25) is 0 Å². The van der Waals surface area contributed by atoms with Crippen LogP contribution in [0.25, 0.3) is 0 Å². The second-order valence-electron chi connectivity index (χ2n) is 6.58. The van der Waals surface area contributed by atoms with Crippen molar-refractivity contribution in [2.75, 3.05) is 7.11 Å². The normalized spacial score (nSPS) is 12.0. The van der Waals surface area contributed by atoms with E-state index in [1.54, 1.807) is 6.07 Å². The van der Waals surface area contributed by atoms with Gasteiger partial charge in [-0.25, -0.2) is 4.79 Å². The third-order valence-corrected chi connectivity index (χ3v) is 4.05. The predicted molar refractivity (Wildman–Crippen MR) is 102 cm³/mol. The molecule has 0 saturated carbocycles. The maximum atomic E-state index is 12.8. The van der Waals surface area contributed by atoms with Gasteiger partial charge in [0.1, 0.15) is 6.04 Å². The van der Waals surface area contributed by atoms with Crippen molar-refractivity contribution in [1.29, 1.82) is 0 Å². The van der Waals surface area contributed by atoms with Gasteiger partial charge in [0.05, 0.1) is 12.0 Å². The molecule has 0 bridgehead atoms. The maximum Gasteiger partial charge on any atom is 0.328 e. The molecule has 2 aromatic carbocycles. The molecule has 1 amide bonds. The number of rotatable bonds is 8. The number of nitrogens with zero attached hydrogens (tertiary/aromatic N) is 1. The fourth-order valence-corrected chi connectivity index (χ4v) is 2.53. The minimum Gasteiger partial charge on any atom is -0.471 e. The number of esters is 1. The lowest BCUT2D eigenvalue weighted by molar-refractivity contribution is -0.386. The SMILES string of the molecule is COC(=O)[C@H](Cc1ccccc1)NC(=O)C(C)(C)Oc1ccccc1[N+](=O)[O-]. The molecule has 0 aliphatic heterocycles. The van der Waals surface area contributed by atoms with Gasteiger partial charge < -0.3 is 14.8 Å². The molecule has 1 atom stereocenters. The van der Waals surface area contributed by atoms with Crippen molar-refractivity contribution in [3.8, 4) is 5.75 Å². The molecule has 148 valence electrons. The number of carbonyl (C=O) groups is 2. The van der Waals surface area contributed by atoms with Crippen molar-refractivity contribution in [3.05, 3.63) is 70.3 Å². The molecular formula is C20H22N2O6. The Labute approximate surface area is 162 Å². The Balaban J connectivity index is 2.17. The zero-order valence-electron chi connectivity index (χ0n) is 15.9. The summed E-state index contributed by atoms with van der Waals surface area (Å²) in [6, 6.07) is 14.0. The van der Waals surface area contributed by atoms with Gasteiger partial charge in [0, 0.05) is 12.5 Å². The van der Waals surface area contributed by atoms with E-state index in [0.29, 0.717) is 0 Å². The number of nitro benzene ring substituents is 1. The Morgan fingerprint density at radius 2 is 1.71 bits per heavy atom. The van der Waals surface area contributed by atoms with Crippen LogP contribution in [0.4, 0.5) is 5.69 Å². The highest BCUT2D eigenvalue weighted by molar-refractivity contribution is 5.89. The molecule has 0 spiro atoms. The van der Waals surface area contributed by atoms with Crippen LogP contribution in [0.3, 0.4) is 0 Å². The molecule has 0 fully saturated rings. The number of hydrogen-bond donors (Lipinski definition) is 1. The standard InChI is InChI=1S/C20H22N2O6/c1-20(2,28-17-12-8-7-11-16(17)22(25)26)19(24)21-15(18(23)27-3)13-14-9-5-4-6-10-14/h4-12,15H,13H2,1-3H3,(H,21,24)/t15-/m0/s1. The first kappa shape index (κ1) is 20.9. The number of nitro groups is 1. The number of nitrogens with one attached hydrogen (secondary N) is 1. The minimum atomic E-state index is -1.46. The topological polar surface area (TPSA) is 108 Å². The van der Waals surface area contributed by atoms with Crippen LogP contribution < -0.4 is 10.1 Å². The third-order valence-electron chi connectivity index (χ3n) is 4.05. The van der Waals surface area contributed by atoms with Crippen molar-refractivity contribution in [3.63, 3.8) is 0 Å². The maximum absolute atomic E-state index is 12.8. The third kappa shape index (κ3) is 5.29. The van der Waals surface area contributed by atoms with Gasteiger partial charge in [-0.3, -0.25) is 14.9 Å². The van der Waals surface area contributed by atoms with Crippen LogP contribution in [0.15, 0.2) is 54.6 Å². The van der Waals surface area contributed by atoms with Crippen LogP contribution in [0.5, 0.6) is 5.75 Å². The van der Waals surface area contributed by atoms with Gasteiger partial charge in [-0.05, 0) is 25.5 Å². The summed E-state index contributed by atoms with van der Waals surface area (Å²) in [6.45, 7) is 2.94. The molecule has 8 nitrogen and oxygen atoms in total. The van der Waals surface area contributed by atoms with Gasteiger partial charge in [-0.15, -0.1) is 0 Å². The molecule has 1 N–H and O–H groups in total. The van der Waals surface area contributed by atoms with Crippen LogP contribution in [0, 0.1) is 10.1 Å². The average molecular weight is 386 g/mol. The van der Waals surface area contributed by atoms with E-state index in [1.165, 1.54) is 39.2 Å². The lowest BCUT2D eigenvalue weighted by Gasteiger charge is -2.27. The molecule has 28 heavy (non-hydrogen) atoms. The predicted octanol–water partition coefficient (Wildman–Crippen LogP) is 2.65. The van der Waals surface area contributed by atoms with E-state index >= 15 is 0 Å². The summed E-state index contributed by atoms with van der Waals surface area (Å²) >= 11 is 0. The highest BCUT2D eigenvalue weighted by atomic mass is 16.6.